The van der Waals surface area contributed by atoms with Gasteiger partial charge in [0, 0.05) is 22.7 Å². The lowest BCUT2D eigenvalue weighted by molar-refractivity contribution is -0.119. The Bertz CT molecular complexity index is 874. The Morgan fingerprint density at radius 3 is 1.79 bits per heavy atom. The molecular formula is C31H43NO2. The highest BCUT2D eigenvalue weighted by Crippen LogP contribution is 2.15. The maximum Gasteiger partial charge on any atom is 0.227 e. The molecule has 0 bridgehead atoms. The number of carbonyl (C=O) groups excluding carboxylic acids is 1. The second kappa shape index (κ2) is 16.8. The Morgan fingerprint density at radius 1 is 0.765 bits per heavy atom. The van der Waals surface area contributed by atoms with Crippen molar-refractivity contribution in [2.75, 3.05) is 11.9 Å². The summed E-state index contributed by atoms with van der Waals surface area (Å²) in [5.41, 5.74) is 2.68. The third kappa shape index (κ3) is 11.4. The quantitative estimate of drug-likeness (QED) is 0.214. The molecule has 0 saturated carbocycles. The molecule has 0 fully saturated rings. The van der Waals surface area contributed by atoms with E-state index in [0.717, 1.165) is 42.0 Å². The first kappa shape index (κ1) is 27.5. The fraction of sp³-hybridized carbons (Fsp3) is 0.516. The molecule has 184 valence electrons. The Balaban J connectivity index is 1.64. The zero-order valence-corrected chi connectivity index (χ0v) is 21.5. The monoisotopic (exact) mass is 461 g/mol. The minimum absolute atomic E-state index is 0.0151. The molecule has 1 unspecified atom stereocenters. The Morgan fingerprint density at radius 2 is 1.26 bits per heavy atom. The van der Waals surface area contributed by atoms with Crippen molar-refractivity contribution in [3.63, 3.8) is 0 Å². The molecule has 34 heavy (non-hydrogen) atoms. The average molecular weight is 462 g/mol. The lowest BCUT2D eigenvalue weighted by atomic mass is 10.1. The average Bonchev–Trinajstić information content (AvgIpc) is 2.87. The first-order valence-corrected chi connectivity index (χ1v) is 13.3. The maximum atomic E-state index is 12.0. The van der Waals surface area contributed by atoms with E-state index in [1.807, 2.05) is 62.4 Å². The third-order valence-corrected chi connectivity index (χ3v) is 6.18. The summed E-state index contributed by atoms with van der Waals surface area (Å²) in [6, 6.07) is 15.7. The van der Waals surface area contributed by atoms with Gasteiger partial charge in [0.05, 0.1) is 6.61 Å². The van der Waals surface area contributed by atoms with Gasteiger partial charge in [0.2, 0.25) is 5.91 Å². The van der Waals surface area contributed by atoms with E-state index >= 15 is 0 Å². The van der Waals surface area contributed by atoms with Crippen molar-refractivity contribution in [2.24, 2.45) is 5.92 Å². The maximum absolute atomic E-state index is 12.0. The molecular weight excluding hydrogens is 418 g/mol. The van der Waals surface area contributed by atoms with Gasteiger partial charge in [-0.25, -0.2) is 0 Å². The summed E-state index contributed by atoms with van der Waals surface area (Å²) < 4.78 is 5.88. The molecule has 0 radical (unpaired) electrons. The van der Waals surface area contributed by atoms with Crippen LogP contribution in [-0.4, -0.2) is 12.5 Å². The lowest BCUT2D eigenvalue weighted by Gasteiger charge is -2.09. The van der Waals surface area contributed by atoms with E-state index in [0.29, 0.717) is 0 Å². The van der Waals surface area contributed by atoms with Crippen LogP contribution in [0.4, 0.5) is 5.69 Å². The van der Waals surface area contributed by atoms with E-state index in [4.69, 9.17) is 4.74 Å². The summed E-state index contributed by atoms with van der Waals surface area (Å²) in [5.74, 6) is 7.35. The van der Waals surface area contributed by atoms with Gasteiger partial charge in [0.15, 0.2) is 0 Å². The number of amides is 1. The van der Waals surface area contributed by atoms with Gasteiger partial charge in [-0.2, -0.15) is 0 Å². The van der Waals surface area contributed by atoms with Crippen molar-refractivity contribution in [1.29, 1.82) is 0 Å². The SMILES string of the molecule is CCCCCCCCCCCCOc1ccc(C#Cc2ccc(NC(=O)C(C)CC)cc2)cc1. The molecule has 2 aromatic rings. The second-order valence-corrected chi connectivity index (χ2v) is 9.18. The zero-order chi connectivity index (χ0) is 24.4. The van der Waals surface area contributed by atoms with Gasteiger partial charge in [-0.15, -0.1) is 0 Å². The van der Waals surface area contributed by atoms with Crippen LogP contribution in [0.25, 0.3) is 0 Å². The molecule has 0 aromatic heterocycles. The van der Waals surface area contributed by atoms with Crippen molar-refractivity contribution in [2.45, 2.75) is 91.4 Å². The Kier molecular flexibility index (Phi) is 13.6. The predicted molar refractivity (Wildman–Crippen MR) is 144 cm³/mol. The van der Waals surface area contributed by atoms with Gasteiger partial charge in [0.25, 0.3) is 0 Å². The van der Waals surface area contributed by atoms with Crippen LogP contribution in [-0.2, 0) is 4.79 Å². The van der Waals surface area contributed by atoms with Crippen LogP contribution in [0.15, 0.2) is 48.5 Å². The summed E-state index contributed by atoms with van der Waals surface area (Å²) in [7, 11) is 0. The van der Waals surface area contributed by atoms with Crippen LogP contribution in [0.3, 0.4) is 0 Å². The minimum atomic E-state index is 0.0151. The number of unbranched alkanes of at least 4 members (excludes halogenated alkanes) is 9. The van der Waals surface area contributed by atoms with Crippen molar-refractivity contribution in [3.05, 3.63) is 59.7 Å². The van der Waals surface area contributed by atoms with E-state index < -0.39 is 0 Å². The van der Waals surface area contributed by atoms with Gasteiger partial charge >= 0.3 is 0 Å². The van der Waals surface area contributed by atoms with Crippen LogP contribution >= 0.6 is 0 Å². The highest BCUT2D eigenvalue weighted by atomic mass is 16.5. The van der Waals surface area contributed by atoms with Crippen molar-refractivity contribution < 1.29 is 9.53 Å². The number of carbonyl (C=O) groups is 1. The minimum Gasteiger partial charge on any atom is -0.494 e. The fourth-order valence-electron chi connectivity index (χ4n) is 3.65. The molecule has 1 amide bonds. The molecule has 2 aromatic carbocycles. The van der Waals surface area contributed by atoms with E-state index in [1.165, 1.54) is 57.8 Å². The van der Waals surface area contributed by atoms with Crippen LogP contribution in [0.5, 0.6) is 5.75 Å². The number of rotatable bonds is 15. The van der Waals surface area contributed by atoms with E-state index in [-0.39, 0.29) is 11.8 Å². The third-order valence-electron chi connectivity index (χ3n) is 6.18. The normalized spacial score (nSPS) is 11.4. The Hall–Kier alpha value is -2.73. The van der Waals surface area contributed by atoms with Crippen molar-refractivity contribution in [3.8, 4) is 17.6 Å². The second-order valence-electron chi connectivity index (χ2n) is 9.18. The van der Waals surface area contributed by atoms with Crippen molar-refractivity contribution >= 4 is 11.6 Å². The smallest absolute Gasteiger partial charge is 0.227 e. The standard InChI is InChI=1S/C31H43NO2/c1-4-6-7-8-9-10-11-12-13-14-25-34-30-23-19-28(20-24-30)16-15-27-17-21-29(22-18-27)32-31(33)26(3)5-2/h17-24,26H,4-14,25H2,1-3H3,(H,32,33). The number of hydrogen-bond donors (Lipinski definition) is 1. The van der Waals surface area contributed by atoms with Crippen LogP contribution in [0, 0.1) is 17.8 Å². The van der Waals surface area contributed by atoms with Crippen LogP contribution in [0.1, 0.15) is 103 Å². The van der Waals surface area contributed by atoms with Crippen LogP contribution in [0.2, 0.25) is 0 Å². The molecule has 0 aliphatic rings. The van der Waals surface area contributed by atoms with Crippen LogP contribution < -0.4 is 10.1 Å². The zero-order valence-electron chi connectivity index (χ0n) is 21.5. The largest absolute Gasteiger partial charge is 0.494 e. The molecule has 1 N–H and O–H groups in total. The summed E-state index contributed by atoms with van der Waals surface area (Å²) in [6.45, 7) is 7.00. The predicted octanol–water partition coefficient (Wildman–Crippen LogP) is 8.37. The highest BCUT2D eigenvalue weighted by molar-refractivity contribution is 5.92. The van der Waals surface area contributed by atoms with E-state index in [2.05, 4.69) is 24.1 Å². The van der Waals surface area contributed by atoms with Gasteiger partial charge < -0.3 is 10.1 Å². The molecule has 0 heterocycles. The number of benzene rings is 2. The summed E-state index contributed by atoms with van der Waals surface area (Å²) in [5, 5.41) is 2.94. The fourth-order valence-corrected chi connectivity index (χ4v) is 3.65. The lowest BCUT2D eigenvalue weighted by Crippen LogP contribution is -2.19. The topological polar surface area (TPSA) is 38.3 Å². The van der Waals surface area contributed by atoms with Gasteiger partial charge in [-0.05, 0) is 61.4 Å². The number of ether oxygens (including phenoxy) is 1. The molecule has 0 saturated heterocycles. The van der Waals surface area contributed by atoms with E-state index in [9.17, 15) is 4.79 Å². The highest BCUT2D eigenvalue weighted by Gasteiger charge is 2.09. The first-order valence-electron chi connectivity index (χ1n) is 13.3. The molecule has 0 spiro atoms. The Labute approximate surface area is 207 Å². The molecule has 0 aliphatic heterocycles. The number of hydrogen-bond acceptors (Lipinski definition) is 2. The number of anilines is 1. The van der Waals surface area contributed by atoms with Gasteiger partial charge in [-0.1, -0.05) is 90.4 Å². The molecule has 3 heteroatoms. The summed E-state index contributed by atoms with van der Waals surface area (Å²) >= 11 is 0. The van der Waals surface area contributed by atoms with Crippen molar-refractivity contribution in [1.82, 2.24) is 0 Å². The number of nitrogens with one attached hydrogen (secondary N) is 1. The van der Waals surface area contributed by atoms with E-state index in [1.54, 1.807) is 0 Å². The first-order chi connectivity index (χ1) is 16.6. The summed E-state index contributed by atoms with van der Waals surface area (Å²) in [4.78, 5) is 12.0. The molecule has 0 aliphatic carbocycles. The molecule has 1 atom stereocenters. The van der Waals surface area contributed by atoms with Gasteiger partial charge in [-0.3, -0.25) is 4.79 Å². The summed E-state index contributed by atoms with van der Waals surface area (Å²) in [6.07, 6.45) is 14.2. The molecule has 2 rings (SSSR count). The molecule has 3 nitrogen and oxygen atoms in total. The van der Waals surface area contributed by atoms with Gasteiger partial charge in [0.1, 0.15) is 5.75 Å².